The minimum Gasteiger partial charge on any atom is -0.489 e. The molecule has 4 aromatic rings. The molecule has 3 aromatic carbocycles. The predicted octanol–water partition coefficient (Wildman–Crippen LogP) is 5.10. The first-order valence-corrected chi connectivity index (χ1v) is 9.16. The summed E-state index contributed by atoms with van der Waals surface area (Å²) < 4.78 is 6.00. The lowest BCUT2D eigenvalue weighted by Gasteiger charge is -2.12. The number of nitrogens with zero attached hydrogens (tertiary/aromatic N) is 1. The molecule has 0 saturated carbocycles. The van der Waals surface area contributed by atoms with Gasteiger partial charge >= 0.3 is 0 Å². The standard InChI is InChI=1S/C24H22N2O/c1-2-8-22-14-19(11-12-21(22)7-1)15-26-17-23-9-3-4-10-24(23)27-18-20-6-5-13-25-16-20/h1-14,16,26H,15,17-18H2. The summed E-state index contributed by atoms with van der Waals surface area (Å²) in [4.78, 5) is 4.13. The summed E-state index contributed by atoms with van der Waals surface area (Å²) >= 11 is 0. The first-order chi connectivity index (χ1) is 13.4. The monoisotopic (exact) mass is 354 g/mol. The highest BCUT2D eigenvalue weighted by Gasteiger charge is 2.04. The van der Waals surface area contributed by atoms with Crippen LogP contribution in [0.1, 0.15) is 16.7 Å². The maximum atomic E-state index is 6.00. The molecule has 134 valence electrons. The van der Waals surface area contributed by atoms with Crippen molar-refractivity contribution in [1.82, 2.24) is 10.3 Å². The van der Waals surface area contributed by atoms with Gasteiger partial charge in [0.1, 0.15) is 12.4 Å². The zero-order chi connectivity index (χ0) is 18.3. The molecular weight excluding hydrogens is 332 g/mol. The maximum Gasteiger partial charge on any atom is 0.124 e. The van der Waals surface area contributed by atoms with Gasteiger partial charge in [-0.05, 0) is 34.5 Å². The van der Waals surface area contributed by atoms with Gasteiger partial charge in [0.05, 0.1) is 0 Å². The molecule has 0 aliphatic carbocycles. The summed E-state index contributed by atoms with van der Waals surface area (Å²) in [7, 11) is 0. The van der Waals surface area contributed by atoms with E-state index >= 15 is 0 Å². The van der Waals surface area contributed by atoms with E-state index < -0.39 is 0 Å². The van der Waals surface area contributed by atoms with E-state index in [0.29, 0.717) is 6.61 Å². The Morgan fingerprint density at radius 1 is 0.741 bits per heavy atom. The highest BCUT2D eigenvalue weighted by molar-refractivity contribution is 5.82. The molecule has 0 atom stereocenters. The van der Waals surface area contributed by atoms with Crippen LogP contribution in [0, 0.1) is 0 Å². The molecule has 3 heteroatoms. The first kappa shape index (κ1) is 17.3. The molecule has 1 N–H and O–H groups in total. The number of aromatic nitrogens is 1. The van der Waals surface area contributed by atoms with Gasteiger partial charge in [-0.25, -0.2) is 0 Å². The Labute approximate surface area is 159 Å². The molecule has 0 spiro atoms. The number of hydrogen-bond acceptors (Lipinski definition) is 3. The predicted molar refractivity (Wildman–Crippen MR) is 110 cm³/mol. The molecule has 0 aliphatic rings. The van der Waals surface area contributed by atoms with Crippen LogP contribution >= 0.6 is 0 Å². The van der Waals surface area contributed by atoms with Gasteiger partial charge in [0.15, 0.2) is 0 Å². The van der Waals surface area contributed by atoms with Crippen LogP contribution in [-0.4, -0.2) is 4.98 Å². The lowest BCUT2D eigenvalue weighted by Crippen LogP contribution is -2.13. The van der Waals surface area contributed by atoms with Gasteiger partial charge in [-0.1, -0.05) is 60.7 Å². The SMILES string of the molecule is c1cncc(COc2ccccc2CNCc2ccc3ccccc3c2)c1. The van der Waals surface area contributed by atoms with Gasteiger partial charge in [-0.2, -0.15) is 0 Å². The van der Waals surface area contributed by atoms with Crippen LogP contribution in [0.3, 0.4) is 0 Å². The highest BCUT2D eigenvalue weighted by atomic mass is 16.5. The fourth-order valence-corrected chi connectivity index (χ4v) is 3.13. The van der Waals surface area contributed by atoms with Gasteiger partial charge in [0, 0.05) is 36.6 Å². The van der Waals surface area contributed by atoms with E-state index in [-0.39, 0.29) is 0 Å². The Morgan fingerprint density at radius 2 is 1.59 bits per heavy atom. The molecule has 0 bridgehead atoms. The third-order valence-corrected chi connectivity index (χ3v) is 4.55. The highest BCUT2D eigenvalue weighted by Crippen LogP contribution is 2.20. The van der Waals surface area contributed by atoms with Crippen LogP contribution in [-0.2, 0) is 19.7 Å². The van der Waals surface area contributed by atoms with E-state index in [9.17, 15) is 0 Å². The lowest BCUT2D eigenvalue weighted by molar-refractivity contribution is 0.301. The van der Waals surface area contributed by atoms with Crippen LogP contribution in [0.15, 0.2) is 91.3 Å². The zero-order valence-electron chi connectivity index (χ0n) is 15.1. The number of hydrogen-bond donors (Lipinski definition) is 1. The maximum absolute atomic E-state index is 6.00. The Bertz CT molecular complexity index is 1010. The Morgan fingerprint density at radius 3 is 2.48 bits per heavy atom. The average Bonchev–Trinajstić information content (AvgIpc) is 2.74. The number of ether oxygens (including phenoxy) is 1. The molecule has 0 saturated heterocycles. The fraction of sp³-hybridized carbons (Fsp3) is 0.125. The van der Waals surface area contributed by atoms with E-state index in [1.165, 1.54) is 16.3 Å². The van der Waals surface area contributed by atoms with Gasteiger partial charge in [-0.3, -0.25) is 4.98 Å². The van der Waals surface area contributed by atoms with Gasteiger partial charge in [0.2, 0.25) is 0 Å². The van der Waals surface area contributed by atoms with Crippen molar-refractivity contribution in [2.75, 3.05) is 0 Å². The summed E-state index contributed by atoms with van der Waals surface area (Å²) in [6.07, 6.45) is 3.61. The van der Waals surface area contributed by atoms with E-state index in [0.717, 1.165) is 30.0 Å². The Kier molecular flexibility index (Phi) is 5.42. The van der Waals surface area contributed by atoms with E-state index in [4.69, 9.17) is 4.74 Å². The van der Waals surface area contributed by atoms with Crippen molar-refractivity contribution in [2.24, 2.45) is 0 Å². The summed E-state index contributed by atoms with van der Waals surface area (Å²) in [6, 6.07) is 27.2. The molecule has 0 unspecified atom stereocenters. The average molecular weight is 354 g/mol. The number of rotatable bonds is 7. The number of pyridine rings is 1. The van der Waals surface area contributed by atoms with Crippen LogP contribution in [0.25, 0.3) is 10.8 Å². The fourth-order valence-electron chi connectivity index (χ4n) is 3.13. The summed E-state index contributed by atoms with van der Waals surface area (Å²) in [5, 5.41) is 6.08. The molecule has 27 heavy (non-hydrogen) atoms. The third-order valence-electron chi connectivity index (χ3n) is 4.55. The van der Waals surface area contributed by atoms with Crippen molar-refractivity contribution in [3.05, 3.63) is 108 Å². The lowest BCUT2D eigenvalue weighted by atomic mass is 10.1. The van der Waals surface area contributed by atoms with E-state index in [1.54, 1.807) is 6.20 Å². The number of fused-ring (bicyclic) bond motifs is 1. The van der Waals surface area contributed by atoms with Gasteiger partial charge < -0.3 is 10.1 Å². The van der Waals surface area contributed by atoms with Crippen molar-refractivity contribution in [1.29, 1.82) is 0 Å². The second kappa shape index (κ2) is 8.47. The quantitative estimate of drug-likeness (QED) is 0.501. The Balaban J connectivity index is 1.37. The smallest absolute Gasteiger partial charge is 0.124 e. The summed E-state index contributed by atoms with van der Waals surface area (Å²) in [5.74, 6) is 0.910. The number of benzene rings is 3. The minimum absolute atomic E-state index is 0.523. The van der Waals surface area contributed by atoms with Crippen LogP contribution in [0.2, 0.25) is 0 Å². The van der Waals surface area contributed by atoms with Crippen molar-refractivity contribution in [3.63, 3.8) is 0 Å². The van der Waals surface area contributed by atoms with Gasteiger partial charge in [0.25, 0.3) is 0 Å². The second-order valence-electron chi connectivity index (χ2n) is 6.54. The molecule has 4 rings (SSSR count). The van der Waals surface area contributed by atoms with Gasteiger partial charge in [-0.15, -0.1) is 0 Å². The molecule has 0 aliphatic heterocycles. The van der Waals surface area contributed by atoms with Crippen LogP contribution < -0.4 is 10.1 Å². The normalized spacial score (nSPS) is 10.8. The van der Waals surface area contributed by atoms with Crippen molar-refractivity contribution < 1.29 is 4.74 Å². The third kappa shape index (κ3) is 4.52. The molecule has 0 amide bonds. The minimum atomic E-state index is 0.523. The van der Waals surface area contributed by atoms with Crippen LogP contribution in [0.4, 0.5) is 0 Å². The van der Waals surface area contributed by atoms with Crippen molar-refractivity contribution >= 4 is 10.8 Å². The van der Waals surface area contributed by atoms with Crippen molar-refractivity contribution in [2.45, 2.75) is 19.7 Å². The molecule has 0 radical (unpaired) electrons. The van der Waals surface area contributed by atoms with Crippen molar-refractivity contribution in [3.8, 4) is 5.75 Å². The summed E-state index contributed by atoms with van der Waals surface area (Å²) in [5.41, 5.74) is 3.50. The molecule has 1 heterocycles. The van der Waals surface area contributed by atoms with E-state index in [2.05, 4.69) is 58.8 Å². The number of nitrogens with one attached hydrogen (secondary N) is 1. The second-order valence-corrected chi connectivity index (χ2v) is 6.54. The molecule has 0 fully saturated rings. The largest absolute Gasteiger partial charge is 0.489 e. The van der Waals surface area contributed by atoms with Crippen LogP contribution in [0.5, 0.6) is 5.75 Å². The molecular formula is C24H22N2O. The molecule has 3 nitrogen and oxygen atoms in total. The number of para-hydroxylation sites is 1. The summed E-state index contributed by atoms with van der Waals surface area (Å²) in [6.45, 7) is 2.10. The topological polar surface area (TPSA) is 34.1 Å². The Hall–Kier alpha value is -3.17. The van der Waals surface area contributed by atoms with E-state index in [1.807, 2.05) is 36.5 Å². The molecule has 1 aromatic heterocycles. The first-order valence-electron chi connectivity index (χ1n) is 9.16. The zero-order valence-corrected chi connectivity index (χ0v) is 15.1.